The summed E-state index contributed by atoms with van der Waals surface area (Å²) in [6.45, 7) is 7.48. The minimum atomic E-state index is -3.48. The van der Waals surface area contributed by atoms with Crippen LogP contribution in [0.25, 0.3) is 0 Å². The SMILES string of the molecule is C=CC(=O)NCOS(=O)(=O)CCC.C=CC(=O)[O-].[Na+].[Na]. The van der Waals surface area contributed by atoms with Crippen LogP contribution in [-0.2, 0) is 23.9 Å². The van der Waals surface area contributed by atoms with Crippen molar-refractivity contribution in [2.45, 2.75) is 13.3 Å². The molecule has 1 radical (unpaired) electrons. The van der Waals surface area contributed by atoms with Crippen molar-refractivity contribution in [1.29, 1.82) is 0 Å². The molecule has 1 N–H and O–H groups in total. The minimum absolute atomic E-state index is 0. The molecule has 0 bridgehead atoms. The Morgan fingerprint density at radius 1 is 1.30 bits per heavy atom. The number of rotatable bonds is 7. The Hall–Kier alpha value is 0.330. The van der Waals surface area contributed by atoms with Crippen molar-refractivity contribution in [1.82, 2.24) is 5.32 Å². The van der Waals surface area contributed by atoms with Crippen molar-refractivity contribution in [3.8, 4) is 0 Å². The van der Waals surface area contributed by atoms with Gasteiger partial charge in [0, 0.05) is 29.6 Å². The van der Waals surface area contributed by atoms with Crippen LogP contribution in [0.1, 0.15) is 13.3 Å². The summed E-state index contributed by atoms with van der Waals surface area (Å²) >= 11 is 0. The zero-order valence-corrected chi connectivity index (χ0v) is 16.9. The summed E-state index contributed by atoms with van der Waals surface area (Å²) in [4.78, 5) is 19.7. The molecule has 0 atom stereocenters. The van der Waals surface area contributed by atoms with E-state index in [1.807, 2.05) is 0 Å². The number of nitrogens with one attached hydrogen (secondary N) is 1. The minimum Gasteiger partial charge on any atom is -0.545 e. The molecule has 0 rings (SSSR count). The van der Waals surface area contributed by atoms with E-state index >= 15 is 0 Å². The van der Waals surface area contributed by atoms with Gasteiger partial charge in [-0.3, -0.25) is 4.79 Å². The molecule has 10 heteroatoms. The fourth-order valence-corrected chi connectivity index (χ4v) is 1.43. The molecule has 7 nitrogen and oxygen atoms in total. The third-order valence-corrected chi connectivity index (χ3v) is 2.68. The predicted octanol–water partition coefficient (Wildman–Crippen LogP) is -4.45. The van der Waals surface area contributed by atoms with Gasteiger partial charge in [0.05, 0.1) is 11.7 Å². The molecular weight excluding hydrogens is 308 g/mol. The van der Waals surface area contributed by atoms with Gasteiger partial charge in [-0.25, -0.2) is 4.18 Å². The molecule has 0 aromatic rings. The number of carbonyl (C=O) groups is 2. The molecule has 1 amide bonds. The Morgan fingerprint density at radius 3 is 2.05 bits per heavy atom. The third-order valence-electron chi connectivity index (χ3n) is 1.29. The molecule has 0 aromatic heterocycles. The van der Waals surface area contributed by atoms with E-state index in [9.17, 15) is 13.2 Å². The van der Waals surface area contributed by atoms with Gasteiger partial charge in [0.2, 0.25) is 5.91 Å². The average molecular weight is 324 g/mol. The first kappa shape index (κ1) is 28.5. The first-order valence-corrected chi connectivity index (χ1v) is 6.47. The number of carbonyl (C=O) groups excluding carboxylic acids is 2. The van der Waals surface area contributed by atoms with E-state index in [0.29, 0.717) is 6.42 Å². The van der Waals surface area contributed by atoms with E-state index in [1.165, 1.54) is 0 Å². The van der Waals surface area contributed by atoms with Gasteiger partial charge in [-0.1, -0.05) is 20.1 Å². The number of hydrogen-bond donors (Lipinski definition) is 1. The second-order valence-electron chi connectivity index (χ2n) is 2.79. The van der Waals surface area contributed by atoms with Crippen molar-refractivity contribution in [3.63, 3.8) is 0 Å². The van der Waals surface area contributed by atoms with Crippen LogP contribution in [0.3, 0.4) is 0 Å². The van der Waals surface area contributed by atoms with Crippen molar-refractivity contribution in [3.05, 3.63) is 25.3 Å². The fraction of sp³-hybridized carbons (Fsp3) is 0.400. The molecule has 0 fully saturated rings. The second-order valence-corrected chi connectivity index (χ2v) is 4.55. The first-order valence-electron chi connectivity index (χ1n) is 4.89. The summed E-state index contributed by atoms with van der Waals surface area (Å²) in [5, 5.41) is 11.3. The normalized spacial score (nSPS) is 8.65. The molecule has 0 heterocycles. The summed E-state index contributed by atoms with van der Waals surface area (Å²) in [5.41, 5.74) is 0. The number of hydrogen-bond acceptors (Lipinski definition) is 6. The molecule has 20 heavy (non-hydrogen) atoms. The van der Waals surface area contributed by atoms with Gasteiger partial charge in [0.25, 0.3) is 10.1 Å². The Labute approximate surface area is 163 Å². The van der Waals surface area contributed by atoms with E-state index in [1.54, 1.807) is 6.92 Å². The van der Waals surface area contributed by atoms with Crippen LogP contribution in [0.2, 0.25) is 0 Å². The van der Waals surface area contributed by atoms with E-state index < -0.39 is 22.0 Å². The predicted molar refractivity (Wildman–Crippen MR) is 69.3 cm³/mol. The third kappa shape index (κ3) is 23.4. The van der Waals surface area contributed by atoms with Crippen molar-refractivity contribution < 1.29 is 56.9 Å². The van der Waals surface area contributed by atoms with E-state index in [2.05, 4.69) is 22.7 Å². The quantitative estimate of drug-likeness (QED) is 0.219. The maximum Gasteiger partial charge on any atom is 1.00 e. The van der Waals surface area contributed by atoms with Crippen LogP contribution < -0.4 is 40.0 Å². The van der Waals surface area contributed by atoms with Gasteiger partial charge in [0.1, 0.15) is 6.73 Å². The Bertz CT molecular complexity index is 397. The topological polar surface area (TPSA) is 113 Å². The van der Waals surface area contributed by atoms with Crippen LogP contribution in [0.15, 0.2) is 25.3 Å². The van der Waals surface area contributed by atoms with Crippen molar-refractivity contribution >= 4 is 51.6 Å². The molecular formula is C10H16NNa2O6S. The summed E-state index contributed by atoms with van der Waals surface area (Å²) in [6, 6.07) is 0. The molecule has 0 aliphatic rings. The number of amides is 1. The largest absolute Gasteiger partial charge is 1.00 e. The average Bonchev–Trinajstić information content (AvgIpc) is 2.29. The van der Waals surface area contributed by atoms with Gasteiger partial charge in [-0.15, -0.1) is 0 Å². The first-order chi connectivity index (χ1) is 8.29. The maximum atomic E-state index is 10.9. The Kier molecular flexibility index (Phi) is 24.8. The van der Waals surface area contributed by atoms with Crippen LogP contribution in [-0.4, -0.2) is 62.3 Å². The van der Waals surface area contributed by atoms with Gasteiger partial charge in [0.15, 0.2) is 0 Å². The molecule has 0 aliphatic carbocycles. The van der Waals surface area contributed by atoms with Crippen molar-refractivity contribution in [2.24, 2.45) is 0 Å². The molecule has 0 aromatic carbocycles. The van der Waals surface area contributed by atoms with Crippen LogP contribution in [0, 0.1) is 0 Å². The Balaban J connectivity index is -0.000000158. The van der Waals surface area contributed by atoms with Crippen molar-refractivity contribution in [2.75, 3.05) is 12.5 Å². The molecule has 0 saturated heterocycles. The van der Waals surface area contributed by atoms with Gasteiger partial charge in [-0.2, -0.15) is 8.42 Å². The number of carboxylic acids is 1. The van der Waals surface area contributed by atoms with Gasteiger partial charge in [-0.05, 0) is 18.6 Å². The molecule has 0 unspecified atom stereocenters. The fourth-order valence-electron chi connectivity index (χ4n) is 0.571. The standard InChI is InChI=1S/C7H13NO4S.C3H4O2.2Na/c1-3-5-13(10,11)12-6-8-7(9)4-2;1-2-3(4)5;;/h4H,2-3,5-6H2,1H3,(H,8,9);2H,1H2,(H,4,5);;/q;;;+1/p-1. The zero-order chi connectivity index (χ0) is 14.6. The summed E-state index contributed by atoms with van der Waals surface area (Å²) in [6.07, 6.45) is 2.24. The van der Waals surface area contributed by atoms with Gasteiger partial charge < -0.3 is 15.2 Å². The van der Waals surface area contributed by atoms with Crippen LogP contribution in [0.5, 0.6) is 0 Å². The van der Waals surface area contributed by atoms with E-state index in [-0.39, 0.29) is 71.6 Å². The maximum absolute atomic E-state index is 10.9. The summed E-state index contributed by atoms with van der Waals surface area (Å²) in [5.74, 6) is -1.74. The molecule has 0 spiro atoms. The van der Waals surface area contributed by atoms with E-state index in [0.717, 1.165) is 12.2 Å². The zero-order valence-electron chi connectivity index (χ0n) is 12.0. The molecule has 0 aliphatic heterocycles. The van der Waals surface area contributed by atoms with Crippen LogP contribution in [0.4, 0.5) is 0 Å². The van der Waals surface area contributed by atoms with Gasteiger partial charge >= 0.3 is 29.6 Å². The summed E-state index contributed by atoms with van der Waals surface area (Å²) in [7, 11) is -3.48. The Morgan fingerprint density at radius 2 is 1.75 bits per heavy atom. The molecule has 105 valence electrons. The second kappa shape index (κ2) is 17.4. The number of carboxylic acid groups (broad SMARTS) is 1. The number of aliphatic carboxylic acids is 1. The summed E-state index contributed by atoms with van der Waals surface area (Å²) < 4.78 is 26.2. The van der Waals surface area contributed by atoms with Crippen LogP contribution >= 0.6 is 0 Å². The monoisotopic (exact) mass is 324 g/mol. The smallest absolute Gasteiger partial charge is 0.545 e. The van der Waals surface area contributed by atoms with E-state index in [4.69, 9.17) is 9.90 Å². The molecule has 0 saturated carbocycles.